The minimum absolute atomic E-state index is 0.000545. The van der Waals surface area contributed by atoms with Gasteiger partial charge in [0.25, 0.3) is 0 Å². The number of hydrogen-bond donors (Lipinski definition) is 1. The van der Waals surface area contributed by atoms with Crippen LogP contribution in [0.3, 0.4) is 0 Å². The lowest BCUT2D eigenvalue weighted by Crippen LogP contribution is -2.68. The molecule has 4 aliphatic rings. The molecule has 1 aromatic carbocycles. The Morgan fingerprint density at radius 3 is 1.72 bits per heavy atom. The van der Waals surface area contributed by atoms with Gasteiger partial charge in [0.1, 0.15) is 24.4 Å². The second kappa shape index (κ2) is 33.9. The summed E-state index contributed by atoms with van der Waals surface area (Å²) in [5.74, 6) is -0.338. The molecule has 15 nitrogen and oxygen atoms in total. The van der Waals surface area contributed by atoms with E-state index in [2.05, 4.69) is 196 Å². The van der Waals surface area contributed by atoms with Crippen molar-refractivity contribution in [1.29, 1.82) is 0 Å². The van der Waals surface area contributed by atoms with Crippen molar-refractivity contribution >= 4 is 53.5 Å². The van der Waals surface area contributed by atoms with Gasteiger partial charge in [-0.2, -0.15) is 0 Å². The fraction of sp³-hybridized carbons (Fsp3) is 0.818. The van der Waals surface area contributed by atoms with Gasteiger partial charge >= 0.3 is 11.9 Å². The number of ether oxygens (including phenoxy) is 7. The van der Waals surface area contributed by atoms with E-state index in [0.717, 1.165) is 24.8 Å². The molecule has 8 unspecified atom stereocenters. The predicted octanol–water partition coefficient (Wildman–Crippen LogP) is 18.5. The monoisotopic (exact) mass is 1440 g/mol. The molecular formula is C77H140O15Si5. The Labute approximate surface area is 595 Å². The molecule has 97 heavy (non-hydrogen) atoms. The van der Waals surface area contributed by atoms with Crippen molar-refractivity contribution in [3.8, 4) is 0 Å². The molecular weight excluding hydrogens is 1310 g/mol. The van der Waals surface area contributed by atoms with Crippen LogP contribution in [-0.4, -0.2) is 171 Å². The van der Waals surface area contributed by atoms with Gasteiger partial charge in [-0.3, -0.25) is 4.79 Å². The first-order valence-electron chi connectivity index (χ1n) is 36.8. The summed E-state index contributed by atoms with van der Waals surface area (Å²) in [5.41, 5.74) is 1.51. The molecule has 0 radical (unpaired) electrons. The van der Waals surface area contributed by atoms with Crippen LogP contribution in [0, 0.1) is 17.8 Å². The number of rotatable bonds is 31. The number of benzene rings is 1. The van der Waals surface area contributed by atoms with Crippen LogP contribution in [-0.2, 0) is 60.1 Å². The average Bonchev–Trinajstić information content (AvgIpc) is 1.13. The molecule has 5 rings (SSSR count). The molecule has 4 saturated heterocycles. The van der Waals surface area contributed by atoms with E-state index in [0.29, 0.717) is 56.6 Å². The Morgan fingerprint density at radius 2 is 1.19 bits per heavy atom. The van der Waals surface area contributed by atoms with Crippen LogP contribution < -0.4 is 0 Å². The molecule has 4 heterocycles. The third-order valence-electron chi connectivity index (χ3n) is 24.4. The lowest BCUT2D eigenvalue weighted by atomic mass is 9.79. The van der Waals surface area contributed by atoms with Gasteiger partial charge in [-0.15, -0.1) is 6.58 Å². The fourth-order valence-corrected chi connectivity index (χ4v) is 18.8. The summed E-state index contributed by atoms with van der Waals surface area (Å²) in [7, 11) is -9.03. The van der Waals surface area contributed by atoms with Crippen molar-refractivity contribution in [2.24, 2.45) is 17.8 Å². The second-order valence-electron chi connectivity index (χ2n) is 36.9. The topological polar surface area (TPSA) is 165 Å². The van der Waals surface area contributed by atoms with Crippen molar-refractivity contribution < 1.29 is 70.0 Å². The highest BCUT2D eigenvalue weighted by Gasteiger charge is 2.58. The van der Waals surface area contributed by atoms with Gasteiger partial charge in [-0.25, -0.2) is 4.79 Å². The molecule has 0 bridgehead atoms. The fourth-order valence-electron chi connectivity index (χ4n) is 12.6. The predicted molar refractivity (Wildman–Crippen MR) is 407 cm³/mol. The van der Waals surface area contributed by atoms with E-state index in [-0.39, 0.29) is 98.2 Å². The summed E-state index contributed by atoms with van der Waals surface area (Å²) in [6.45, 7) is 70.0. The van der Waals surface area contributed by atoms with E-state index >= 15 is 0 Å². The highest BCUT2D eigenvalue weighted by atomic mass is 28.4. The molecule has 0 saturated carbocycles. The molecule has 18 atom stereocenters. The van der Waals surface area contributed by atoms with E-state index in [1.54, 1.807) is 19.2 Å². The Bertz CT molecular complexity index is 2700. The Hall–Kier alpha value is -1.98. The number of aliphatic hydroxyl groups excluding tert-OH is 1. The maximum atomic E-state index is 14.3. The van der Waals surface area contributed by atoms with Crippen LogP contribution in [0.2, 0.25) is 90.7 Å². The van der Waals surface area contributed by atoms with Gasteiger partial charge in [0, 0.05) is 25.9 Å². The summed E-state index contributed by atoms with van der Waals surface area (Å²) in [6.07, 6.45) is 5.01. The normalized spacial score (nSPS) is 29.6. The van der Waals surface area contributed by atoms with Gasteiger partial charge < -0.3 is 60.4 Å². The lowest BCUT2D eigenvalue weighted by Gasteiger charge is -2.54. The third kappa shape index (κ3) is 22.8. The number of methoxy groups -OCH3 is 2. The molecule has 20 heteroatoms. The second-order valence-corrected chi connectivity index (χ2v) is 60.7. The zero-order valence-electron chi connectivity index (χ0n) is 66.4. The molecule has 4 fully saturated rings. The van der Waals surface area contributed by atoms with E-state index in [1.165, 1.54) is 7.11 Å². The van der Waals surface area contributed by atoms with Crippen LogP contribution >= 0.6 is 0 Å². The first-order valence-corrected chi connectivity index (χ1v) is 51.3. The van der Waals surface area contributed by atoms with Gasteiger partial charge in [0.15, 0.2) is 47.7 Å². The highest BCUT2D eigenvalue weighted by molar-refractivity contribution is 6.76. The zero-order chi connectivity index (χ0) is 73.6. The van der Waals surface area contributed by atoms with E-state index < -0.39 is 90.3 Å². The minimum Gasteiger partial charge on any atom is -0.469 e. The van der Waals surface area contributed by atoms with E-state index in [9.17, 15) is 14.7 Å². The van der Waals surface area contributed by atoms with Gasteiger partial charge in [0.05, 0.1) is 86.7 Å². The first kappa shape index (κ1) is 85.7. The van der Waals surface area contributed by atoms with Gasteiger partial charge in [0.2, 0.25) is 0 Å². The lowest BCUT2D eigenvalue weighted by molar-refractivity contribution is -0.227. The number of carbonyl (C=O) groups is 2. The molecule has 0 aliphatic carbocycles. The quantitative estimate of drug-likeness (QED) is 0.0424. The van der Waals surface area contributed by atoms with Crippen molar-refractivity contribution in [2.45, 2.75) is 364 Å². The molecule has 0 aromatic heterocycles. The van der Waals surface area contributed by atoms with Gasteiger partial charge in [-0.1, -0.05) is 161 Å². The molecule has 0 spiro atoms. The number of carbonyl (C=O) groups excluding carboxylic acids is 2. The summed E-state index contributed by atoms with van der Waals surface area (Å²) in [4.78, 5) is 27.5. The maximum absolute atomic E-state index is 14.3. The minimum atomic E-state index is -2.64. The zero-order valence-corrected chi connectivity index (χ0v) is 71.4. The summed E-state index contributed by atoms with van der Waals surface area (Å²) in [5, 5.41) is 11.5. The van der Waals surface area contributed by atoms with Gasteiger partial charge in [-0.05, 0) is 165 Å². The highest BCUT2D eigenvalue weighted by Crippen LogP contribution is 2.49. The molecule has 0 amide bonds. The molecule has 4 aliphatic heterocycles. The smallest absolute Gasteiger partial charge is 0.338 e. The number of esters is 2. The first-order chi connectivity index (χ1) is 44.3. The molecule has 1 aromatic rings. The Morgan fingerprint density at radius 1 is 0.629 bits per heavy atom. The number of aliphatic hydroxyl groups is 1. The third-order valence-corrected chi connectivity index (χ3v) is 46.8. The summed E-state index contributed by atoms with van der Waals surface area (Å²) >= 11 is 0. The largest absolute Gasteiger partial charge is 0.469 e. The van der Waals surface area contributed by atoms with E-state index in [4.69, 9.17) is 55.3 Å². The Kier molecular flexibility index (Phi) is 29.9. The Balaban J connectivity index is 1.35. The number of hydrogen-bond acceptors (Lipinski definition) is 15. The van der Waals surface area contributed by atoms with Crippen LogP contribution in [0.1, 0.15) is 192 Å². The average molecular weight is 1450 g/mol. The van der Waals surface area contributed by atoms with E-state index in [1.807, 2.05) is 36.4 Å². The van der Waals surface area contributed by atoms with Crippen LogP contribution in [0.25, 0.3) is 0 Å². The van der Waals surface area contributed by atoms with Crippen molar-refractivity contribution in [3.63, 3.8) is 0 Å². The van der Waals surface area contributed by atoms with Crippen molar-refractivity contribution in [3.05, 3.63) is 72.9 Å². The maximum Gasteiger partial charge on any atom is 0.338 e. The van der Waals surface area contributed by atoms with Crippen molar-refractivity contribution in [2.75, 3.05) is 20.8 Å². The SMILES string of the molecule is C=CCC1O[C@@H]([C@H](/C=C/C(O)CC[C@H]2CC(=C)C(CC[C@H]3C[C@@H](C)C(C)C(C[C@@H]4O[C@H](C[C@@H](CO[Si](C)(C)C(C)(C)C)O[Si](C)(C)C(C)(C)C)[C@H](OC)C4CC(=O)OC)O3)O2)O[Si](C)(C)C(C)(C)C)C(O[Si](C)(C)C(C)(C)C)C(O[Si](C)(C)C(C)(C)C)[C@H]1OC(=O)c1ccccc1. The molecule has 558 valence electrons. The van der Waals surface area contributed by atoms with Crippen LogP contribution in [0.4, 0.5) is 0 Å². The summed E-state index contributed by atoms with van der Waals surface area (Å²) in [6, 6.07) is 9.09. The van der Waals surface area contributed by atoms with Crippen molar-refractivity contribution in [1.82, 2.24) is 0 Å². The summed E-state index contributed by atoms with van der Waals surface area (Å²) < 4.78 is 83.6. The van der Waals surface area contributed by atoms with Crippen LogP contribution in [0.5, 0.6) is 0 Å². The standard InChI is InChI=1S/C77H140O15Si5/c1-32-36-61-68(88-72(80)54-37-34-33-35-38-54)70(91-96(28,29)76(14,15)16)71(92-97(30,31)77(17,18)19)69(87-61)62(90-95(26,27)75(11,12)13)43-40-55(78)39-41-56-46-52(3)60(84-56)44-42-57-45-51(2)53(4)63(85-57)49-64-59(48-66(79)81-20)67(82-21)65(86-64)47-58(89-94(24,25)74(8,9)10)50-83-93(22,23)73(5,6)7/h32-35,37-38,40,43,51,53,55-65,67-71,78H,1,3,36,39,41-42,44-50H2,2,4-31H3/b43-40+/t51-,53?,55?,56+,57+,58+,59?,60?,61?,62+,63?,64+,65-,67-,68+,69+,70?,71?/m1/s1. The molecule has 1 N–H and O–H groups in total. The van der Waals surface area contributed by atoms with Crippen LogP contribution in [0.15, 0.2) is 67.3 Å².